The van der Waals surface area contributed by atoms with Gasteiger partial charge in [0.05, 0.1) is 11.6 Å². The number of hydrogen-bond acceptors (Lipinski definition) is 6. The SMILES string of the molecule is CCCSC[C@H]1CN(Cc2c[nH]c3c(N)ncnc23)C[C@H]1O. The fourth-order valence-electron chi connectivity index (χ4n) is 2.99. The van der Waals surface area contributed by atoms with Crippen molar-refractivity contribution in [2.45, 2.75) is 26.0 Å². The summed E-state index contributed by atoms with van der Waals surface area (Å²) < 4.78 is 0. The Morgan fingerprint density at radius 2 is 2.32 bits per heavy atom. The third-order valence-corrected chi connectivity index (χ3v) is 5.49. The largest absolute Gasteiger partial charge is 0.391 e. The number of nitrogen functional groups attached to an aromatic ring is 1. The van der Waals surface area contributed by atoms with E-state index in [0.29, 0.717) is 11.7 Å². The van der Waals surface area contributed by atoms with Crippen molar-refractivity contribution >= 4 is 28.6 Å². The Balaban J connectivity index is 1.65. The fourth-order valence-corrected chi connectivity index (χ4v) is 4.07. The summed E-state index contributed by atoms with van der Waals surface area (Å²) in [7, 11) is 0. The van der Waals surface area contributed by atoms with Crippen molar-refractivity contribution in [1.82, 2.24) is 19.9 Å². The van der Waals surface area contributed by atoms with Gasteiger partial charge in [-0.15, -0.1) is 0 Å². The van der Waals surface area contributed by atoms with Gasteiger partial charge in [-0.25, -0.2) is 9.97 Å². The third-order valence-electron chi connectivity index (χ3n) is 4.13. The van der Waals surface area contributed by atoms with E-state index in [-0.39, 0.29) is 6.10 Å². The van der Waals surface area contributed by atoms with Crippen molar-refractivity contribution in [1.29, 1.82) is 0 Å². The van der Waals surface area contributed by atoms with Gasteiger partial charge in [-0.1, -0.05) is 6.92 Å². The molecular formula is C15H23N5OS. The molecule has 22 heavy (non-hydrogen) atoms. The maximum absolute atomic E-state index is 10.2. The maximum atomic E-state index is 10.2. The molecule has 6 nitrogen and oxygen atoms in total. The summed E-state index contributed by atoms with van der Waals surface area (Å²) in [6.07, 6.45) is 4.40. The molecule has 0 spiro atoms. The number of aromatic nitrogens is 3. The first-order chi connectivity index (χ1) is 10.7. The number of nitrogens with two attached hydrogens (primary N) is 1. The maximum Gasteiger partial charge on any atom is 0.151 e. The molecule has 7 heteroatoms. The van der Waals surface area contributed by atoms with E-state index in [9.17, 15) is 5.11 Å². The van der Waals surface area contributed by atoms with Crippen LogP contribution >= 0.6 is 11.8 Å². The number of H-pyrrole nitrogens is 1. The lowest BCUT2D eigenvalue weighted by molar-refractivity contribution is 0.149. The summed E-state index contributed by atoms with van der Waals surface area (Å²) in [5, 5.41) is 10.2. The van der Waals surface area contributed by atoms with E-state index in [1.165, 1.54) is 18.5 Å². The average Bonchev–Trinajstić information content (AvgIpc) is 3.05. The molecule has 1 fully saturated rings. The Labute approximate surface area is 134 Å². The molecule has 0 unspecified atom stereocenters. The van der Waals surface area contributed by atoms with Gasteiger partial charge in [-0.2, -0.15) is 11.8 Å². The molecular weight excluding hydrogens is 298 g/mol. The van der Waals surface area contributed by atoms with Crippen LogP contribution in [0.15, 0.2) is 12.5 Å². The highest BCUT2D eigenvalue weighted by Crippen LogP contribution is 2.26. The first-order valence-electron chi connectivity index (χ1n) is 7.73. The first kappa shape index (κ1) is 15.6. The highest BCUT2D eigenvalue weighted by molar-refractivity contribution is 7.99. The lowest BCUT2D eigenvalue weighted by Gasteiger charge is -2.14. The Morgan fingerprint density at radius 3 is 3.14 bits per heavy atom. The topological polar surface area (TPSA) is 91.1 Å². The number of likely N-dealkylation sites (tertiary alicyclic amines) is 1. The molecule has 0 aromatic carbocycles. The highest BCUT2D eigenvalue weighted by Gasteiger charge is 2.31. The monoisotopic (exact) mass is 321 g/mol. The van der Waals surface area contributed by atoms with Crippen molar-refractivity contribution in [3.05, 3.63) is 18.1 Å². The summed E-state index contributed by atoms with van der Waals surface area (Å²) in [4.78, 5) is 13.8. The van der Waals surface area contributed by atoms with Gasteiger partial charge >= 0.3 is 0 Å². The van der Waals surface area contributed by atoms with Crippen molar-refractivity contribution in [3.63, 3.8) is 0 Å². The summed E-state index contributed by atoms with van der Waals surface area (Å²) in [6.45, 7) is 4.63. The number of nitrogens with zero attached hydrogens (tertiary/aromatic N) is 3. The number of anilines is 1. The lowest BCUT2D eigenvalue weighted by Crippen LogP contribution is -2.21. The molecule has 2 aromatic heterocycles. The second-order valence-corrected chi connectivity index (χ2v) is 7.04. The molecule has 0 saturated carbocycles. The van der Waals surface area contributed by atoms with Crippen molar-refractivity contribution in [3.8, 4) is 0 Å². The average molecular weight is 321 g/mol. The summed E-state index contributed by atoms with van der Waals surface area (Å²) in [5.74, 6) is 3.05. The van der Waals surface area contributed by atoms with Crippen LogP contribution in [0.3, 0.4) is 0 Å². The number of β-amino-alcohol motifs (C(OH)–C–C–N with tert-alkyl or cyclic N) is 1. The summed E-state index contributed by atoms with van der Waals surface area (Å²) in [5.41, 5.74) is 8.64. The minimum absolute atomic E-state index is 0.228. The van der Waals surface area contributed by atoms with E-state index in [1.807, 2.05) is 18.0 Å². The van der Waals surface area contributed by atoms with E-state index in [1.54, 1.807) is 0 Å². The lowest BCUT2D eigenvalue weighted by atomic mass is 10.1. The van der Waals surface area contributed by atoms with Gasteiger partial charge in [0.25, 0.3) is 0 Å². The van der Waals surface area contributed by atoms with Gasteiger partial charge in [-0.3, -0.25) is 4.90 Å². The molecule has 0 aliphatic carbocycles. The number of rotatable bonds is 6. The number of hydrogen-bond donors (Lipinski definition) is 3. The normalized spacial score (nSPS) is 22.6. The van der Waals surface area contributed by atoms with E-state index in [4.69, 9.17) is 5.73 Å². The van der Waals surface area contributed by atoms with E-state index in [0.717, 1.165) is 42.0 Å². The molecule has 0 radical (unpaired) electrons. The van der Waals surface area contributed by atoms with Crippen LogP contribution in [0.5, 0.6) is 0 Å². The number of aliphatic hydroxyl groups excluding tert-OH is 1. The van der Waals surface area contributed by atoms with Crippen LogP contribution in [-0.4, -0.2) is 55.7 Å². The standard InChI is InChI=1S/C15H23N5OS/c1-2-3-22-8-11-6-20(7-12(11)21)5-10-4-17-14-13(10)18-9-19-15(14)16/h4,9,11-12,17,21H,2-3,5-8H2,1H3,(H2,16,18,19)/t11-,12-/m1/s1. The van der Waals surface area contributed by atoms with Gasteiger partial charge in [0.1, 0.15) is 11.8 Å². The smallest absolute Gasteiger partial charge is 0.151 e. The van der Waals surface area contributed by atoms with Crippen molar-refractivity contribution in [2.24, 2.45) is 5.92 Å². The molecule has 3 rings (SSSR count). The van der Waals surface area contributed by atoms with Crippen molar-refractivity contribution < 1.29 is 5.11 Å². The van der Waals surface area contributed by atoms with Crippen LogP contribution in [0.4, 0.5) is 5.82 Å². The van der Waals surface area contributed by atoms with Gasteiger partial charge in [0.15, 0.2) is 5.82 Å². The molecule has 3 heterocycles. The predicted molar refractivity (Wildman–Crippen MR) is 90.7 cm³/mol. The first-order valence-corrected chi connectivity index (χ1v) is 8.89. The van der Waals surface area contributed by atoms with E-state index in [2.05, 4.69) is 26.8 Å². The molecule has 120 valence electrons. The predicted octanol–water partition coefficient (Wildman–Crippen LogP) is 1.48. The Morgan fingerprint density at radius 1 is 1.45 bits per heavy atom. The van der Waals surface area contributed by atoms with Crippen molar-refractivity contribution in [2.75, 3.05) is 30.3 Å². The van der Waals surface area contributed by atoms with Crippen LogP contribution in [0, 0.1) is 5.92 Å². The molecule has 1 aliphatic rings. The van der Waals surface area contributed by atoms with E-state index >= 15 is 0 Å². The second-order valence-electron chi connectivity index (χ2n) is 5.89. The van der Waals surface area contributed by atoms with Gasteiger partial charge in [0.2, 0.25) is 0 Å². The Hall–Kier alpha value is -1.31. The number of fused-ring (bicyclic) bond motifs is 1. The number of aromatic amines is 1. The fraction of sp³-hybridized carbons (Fsp3) is 0.600. The van der Waals surface area contributed by atoms with Crippen LogP contribution in [0.1, 0.15) is 18.9 Å². The zero-order chi connectivity index (χ0) is 15.5. The zero-order valence-corrected chi connectivity index (χ0v) is 13.6. The van der Waals surface area contributed by atoms with Crippen LogP contribution in [0.2, 0.25) is 0 Å². The van der Waals surface area contributed by atoms with Crippen LogP contribution in [-0.2, 0) is 6.54 Å². The summed E-state index contributed by atoms with van der Waals surface area (Å²) >= 11 is 1.94. The molecule has 1 saturated heterocycles. The molecule has 0 bridgehead atoms. The van der Waals surface area contributed by atoms with Gasteiger partial charge in [-0.05, 0) is 17.9 Å². The molecule has 2 aromatic rings. The quantitative estimate of drug-likeness (QED) is 0.698. The van der Waals surface area contributed by atoms with Crippen LogP contribution < -0.4 is 5.73 Å². The zero-order valence-electron chi connectivity index (χ0n) is 12.8. The molecule has 0 amide bonds. The van der Waals surface area contributed by atoms with E-state index < -0.39 is 0 Å². The minimum atomic E-state index is -0.228. The molecule has 4 N–H and O–H groups in total. The Bertz CT molecular complexity index is 631. The second kappa shape index (κ2) is 6.85. The number of thioether (sulfide) groups is 1. The summed E-state index contributed by atoms with van der Waals surface area (Å²) in [6, 6.07) is 0. The number of nitrogens with one attached hydrogen (secondary N) is 1. The third kappa shape index (κ3) is 3.21. The van der Waals surface area contributed by atoms with Crippen LogP contribution in [0.25, 0.3) is 11.0 Å². The molecule has 1 aliphatic heterocycles. The van der Waals surface area contributed by atoms with Gasteiger partial charge < -0.3 is 15.8 Å². The highest BCUT2D eigenvalue weighted by atomic mass is 32.2. The minimum Gasteiger partial charge on any atom is -0.391 e. The molecule has 2 atom stereocenters. The number of aliphatic hydroxyl groups is 1. The Kier molecular flexibility index (Phi) is 4.85. The van der Waals surface area contributed by atoms with Gasteiger partial charge in [0, 0.05) is 37.3 Å².